The van der Waals surface area contributed by atoms with E-state index in [2.05, 4.69) is 10.3 Å². The molecule has 1 amide bonds. The number of aryl methyl sites for hydroxylation is 1. The topological polar surface area (TPSA) is 86.4 Å². The number of nitrogens with zero attached hydrogens (tertiary/aromatic N) is 2. The molecular formula is C19H21N3O4. The van der Waals surface area contributed by atoms with Crippen molar-refractivity contribution in [2.24, 2.45) is 0 Å². The van der Waals surface area contributed by atoms with Gasteiger partial charge in [-0.05, 0) is 31.2 Å². The average Bonchev–Trinajstić information content (AvgIpc) is 3.14. The minimum absolute atomic E-state index is 0.184. The van der Waals surface area contributed by atoms with Crippen molar-refractivity contribution < 1.29 is 13.9 Å². The van der Waals surface area contributed by atoms with E-state index in [-0.39, 0.29) is 11.5 Å². The van der Waals surface area contributed by atoms with Gasteiger partial charge in [-0.1, -0.05) is 0 Å². The van der Waals surface area contributed by atoms with Gasteiger partial charge >= 0.3 is 0 Å². The van der Waals surface area contributed by atoms with Gasteiger partial charge in [0.1, 0.15) is 5.76 Å². The van der Waals surface area contributed by atoms with Gasteiger partial charge < -0.3 is 19.0 Å². The fourth-order valence-electron chi connectivity index (χ4n) is 2.75. The molecule has 7 nitrogen and oxygen atoms in total. The lowest BCUT2D eigenvalue weighted by Gasteiger charge is -2.10. The number of pyridine rings is 2. The lowest BCUT2D eigenvalue weighted by molar-refractivity contribution is 0.0953. The number of hydrogen-bond acceptors (Lipinski definition) is 5. The zero-order valence-corrected chi connectivity index (χ0v) is 14.8. The van der Waals surface area contributed by atoms with E-state index < -0.39 is 0 Å². The molecule has 0 aliphatic rings. The Kier molecular flexibility index (Phi) is 5.48. The number of hydrogen-bond donors (Lipinski definition) is 1. The Labute approximate surface area is 150 Å². The number of carbonyl (C=O) groups is 1. The third-order valence-electron chi connectivity index (χ3n) is 4.16. The summed E-state index contributed by atoms with van der Waals surface area (Å²) in [6.07, 6.45) is 3.89. The molecule has 0 saturated heterocycles. The molecule has 0 unspecified atom stereocenters. The SMILES string of the molecule is COCCn1ccc2nc(C)c(C(=O)NCCc3ccco3)cc2c1=O. The van der Waals surface area contributed by atoms with Crippen LogP contribution in [-0.4, -0.2) is 35.7 Å². The summed E-state index contributed by atoms with van der Waals surface area (Å²) < 4.78 is 11.8. The molecular weight excluding hydrogens is 334 g/mol. The van der Waals surface area contributed by atoms with Gasteiger partial charge in [-0.25, -0.2) is 0 Å². The molecule has 0 aliphatic carbocycles. The Morgan fingerprint density at radius 3 is 2.96 bits per heavy atom. The molecule has 0 atom stereocenters. The molecule has 0 spiro atoms. The molecule has 136 valence electrons. The maximum absolute atomic E-state index is 12.6. The van der Waals surface area contributed by atoms with E-state index in [0.717, 1.165) is 5.76 Å². The maximum atomic E-state index is 12.6. The number of nitrogens with one attached hydrogen (secondary N) is 1. The molecule has 3 aromatic rings. The highest BCUT2D eigenvalue weighted by Gasteiger charge is 2.14. The largest absolute Gasteiger partial charge is 0.469 e. The molecule has 7 heteroatoms. The van der Waals surface area contributed by atoms with Crippen LogP contribution in [0, 0.1) is 6.92 Å². The van der Waals surface area contributed by atoms with Crippen LogP contribution in [0.25, 0.3) is 10.9 Å². The summed E-state index contributed by atoms with van der Waals surface area (Å²) in [5.74, 6) is 0.551. The van der Waals surface area contributed by atoms with Crippen LogP contribution in [0.3, 0.4) is 0 Å². The molecule has 3 heterocycles. The van der Waals surface area contributed by atoms with E-state index in [1.54, 1.807) is 43.2 Å². The molecule has 0 aliphatic heterocycles. The molecule has 0 radical (unpaired) electrons. The van der Waals surface area contributed by atoms with Crippen LogP contribution in [0.1, 0.15) is 21.8 Å². The normalized spacial score (nSPS) is 11.0. The Balaban J connectivity index is 1.82. The first-order chi connectivity index (χ1) is 12.6. The summed E-state index contributed by atoms with van der Waals surface area (Å²) >= 11 is 0. The Morgan fingerprint density at radius 1 is 1.38 bits per heavy atom. The lowest BCUT2D eigenvalue weighted by atomic mass is 10.1. The van der Waals surface area contributed by atoms with E-state index in [0.29, 0.717) is 48.3 Å². The number of methoxy groups -OCH3 is 1. The zero-order chi connectivity index (χ0) is 18.5. The number of ether oxygens (including phenoxy) is 1. The van der Waals surface area contributed by atoms with Crippen LogP contribution < -0.4 is 10.9 Å². The van der Waals surface area contributed by atoms with Crippen molar-refractivity contribution in [2.75, 3.05) is 20.3 Å². The summed E-state index contributed by atoms with van der Waals surface area (Å²) in [7, 11) is 1.59. The summed E-state index contributed by atoms with van der Waals surface area (Å²) in [6.45, 7) is 3.09. The predicted octanol–water partition coefficient (Wildman–Crippen LogP) is 1.92. The number of aromatic nitrogens is 2. The molecule has 3 rings (SSSR count). The van der Waals surface area contributed by atoms with Gasteiger partial charge in [0.15, 0.2) is 0 Å². The van der Waals surface area contributed by atoms with Crippen molar-refractivity contribution in [2.45, 2.75) is 19.9 Å². The Morgan fingerprint density at radius 2 is 2.23 bits per heavy atom. The summed E-state index contributed by atoms with van der Waals surface area (Å²) in [5, 5.41) is 3.27. The minimum Gasteiger partial charge on any atom is -0.469 e. The number of amides is 1. The first-order valence-corrected chi connectivity index (χ1v) is 8.40. The fraction of sp³-hybridized carbons (Fsp3) is 0.316. The predicted molar refractivity (Wildman–Crippen MR) is 97.4 cm³/mol. The quantitative estimate of drug-likeness (QED) is 0.700. The van der Waals surface area contributed by atoms with Gasteiger partial charge in [0, 0.05) is 32.8 Å². The Bertz CT molecular complexity index is 961. The standard InChI is InChI=1S/C19H21N3O4/c1-13-15(18(23)20-7-5-14-4-3-10-26-14)12-16-17(21-13)6-8-22(19(16)24)9-11-25-2/h3-4,6,8,10,12H,5,7,9,11H2,1-2H3,(H,20,23). The molecule has 26 heavy (non-hydrogen) atoms. The first-order valence-electron chi connectivity index (χ1n) is 8.40. The molecule has 0 fully saturated rings. The third-order valence-corrected chi connectivity index (χ3v) is 4.16. The molecule has 0 aromatic carbocycles. The fourth-order valence-corrected chi connectivity index (χ4v) is 2.75. The van der Waals surface area contributed by atoms with Crippen molar-refractivity contribution >= 4 is 16.8 Å². The number of rotatable bonds is 7. The van der Waals surface area contributed by atoms with Gasteiger partial charge in [-0.3, -0.25) is 14.6 Å². The van der Waals surface area contributed by atoms with Gasteiger partial charge in [0.2, 0.25) is 0 Å². The van der Waals surface area contributed by atoms with Crippen LogP contribution in [-0.2, 0) is 17.7 Å². The summed E-state index contributed by atoms with van der Waals surface area (Å²) in [6, 6.07) is 7.06. The average molecular weight is 355 g/mol. The highest BCUT2D eigenvalue weighted by atomic mass is 16.5. The van der Waals surface area contributed by atoms with Crippen molar-refractivity contribution in [3.63, 3.8) is 0 Å². The van der Waals surface area contributed by atoms with E-state index in [1.807, 2.05) is 12.1 Å². The summed E-state index contributed by atoms with van der Waals surface area (Å²) in [4.78, 5) is 29.5. The van der Waals surface area contributed by atoms with E-state index in [1.165, 1.54) is 0 Å². The van der Waals surface area contributed by atoms with E-state index in [4.69, 9.17) is 9.15 Å². The number of furan rings is 1. The lowest BCUT2D eigenvalue weighted by Crippen LogP contribution is -2.27. The smallest absolute Gasteiger partial charge is 0.260 e. The highest BCUT2D eigenvalue weighted by Crippen LogP contribution is 2.13. The monoisotopic (exact) mass is 355 g/mol. The first kappa shape index (κ1) is 17.9. The van der Waals surface area contributed by atoms with Gasteiger partial charge in [-0.2, -0.15) is 0 Å². The van der Waals surface area contributed by atoms with Gasteiger partial charge in [-0.15, -0.1) is 0 Å². The van der Waals surface area contributed by atoms with Crippen LogP contribution >= 0.6 is 0 Å². The zero-order valence-electron chi connectivity index (χ0n) is 14.8. The van der Waals surface area contributed by atoms with E-state index >= 15 is 0 Å². The van der Waals surface area contributed by atoms with Crippen LogP contribution in [0.2, 0.25) is 0 Å². The van der Waals surface area contributed by atoms with E-state index in [9.17, 15) is 9.59 Å². The molecule has 0 bridgehead atoms. The maximum Gasteiger partial charge on any atom is 0.260 e. The number of fused-ring (bicyclic) bond motifs is 1. The van der Waals surface area contributed by atoms with Crippen LogP contribution in [0.5, 0.6) is 0 Å². The third kappa shape index (κ3) is 3.83. The van der Waals surface area contributed by atoms with Crippen molar-refractivity contribution in [1.29, 1.82) is 0 Å². The van der Waals surface area contributed by atoms with Gasteiger partial charge in [0.25, 0.3) is 11.5 Å². The van der Waals surface area contributed by atoms with Crippen LogP contribution in [0.4, 0.5) is 0 Å². The van der Waals surface area contributed by atoms with Crippen molar-refractivity contribution in [3.8, 4) is 0 Å². The van der Waals surface area contributed by atoms with Crippen molar-refractivity contribution in [3.05, 3.63) is 64.1 Å². The second kappa shape index (κ2) is 7.97. The van der Waals surface area contributed by atoms with Crippen LogP contribution in [0.15, 0.2) is 45.9 Å². The Hall–Kier alpha value is -2.93. The summed E-state index contributed by atoms with van der Waals surface area (Å²) in [5.41, 5.74) is 1.38. The van der Waals surface area contributed by atoms with Crippen molar-refractivity contribution in [1.82, 2.24) is 14.9 Å². The molecule has 3 aromatic heterocycles. The highest BCUT2D eigenvalue weighted by molar-refractivity contribution is 5.98. The second-order valence-corrected chi connectivity index (χ2v) is 5.95. The van der Waals surface area contributed by atoms with Gasteiger partial charge in [0.05, 0.1) is 35.0 Å². The number of carbonyl (C=O) groups excluding carboxylic acids is 1. The molecule has 1 N–H and O–H groups in total. The minimum atomic E-state index is -0.254. The molecule has 0 saturated carbocycles. The second-order valence-electron chi connectivity index (χ2n) is 5.95.